The highest BCUT2D eigenvalue weighted by Gasteiger charge is 2.26. The van der Waals surface area contributed by atoms with E-state index in [0.717, 1.165) is 12.1 Å². The van der Waals surface area contributed by atoms with E-state index in [9.17, 15) is 9.90 Å². The maximum Gasteiger partial charge on any atom is 0.317 e. The predicted molar refractivity (Wildman–Crippen MR) is 78.6 cm³/mol. The molecule has 1 aromatic rings. The molecule has 0 saturated heterocycles. The van der Waals surface area contributed by atoms with E-state index < -0.39 is 11.6 Å². The SMILES string of the molecule is CN(C)CCN(CC(=O)O)CC(C)(O)c1ccccc1. The van der Waals surface area contributed by atoms with Gasteiger partial charge in [-0.2, -0.15) is 0 Å². The maximum atomic E-state index is 10.9. The molecule has 0 aliphatic carbocycles. The van der Waals surface area contributed by atoms with Gasteiger partial charge in [-0.1, -0.05) is 30.3 Å². The molecule has 0 aliphatic heterocycles. The molecule has 0 aromatic heterocycles. The molecule has 1 rings (SSSR count). The van der Waals surface area contributed by atoms with Crippen molar-refractivity contribution in [1.82, 2.24) is 9.80 Å². The zero-order valence-electron chi connectivity index (χ0n) is 12.4. The minimum absolute atomic E-state index is 0.0726. The molecule has 5 nitrogen and oxygen atoms in total. The molecule has 1 atom stereocenters. The fourth-order valence-electron chi connectivity index (χ4n) is 2.07. The predicted octanol–water partition coefficient (Wildman–Crippen LogP) is 0.842. The average molecular weight is 280 g/mol. The highest BCUT2D eigenvalue weighted by Crippen LogP contribution is 2.21. The van der Waals surface area contributed by atoms with Gasteiger partial charge in [0.25, 0.3) is 0 Å². The Hall–Kier alpha value is -1.43. The van der Waals surface area contributed by atoms with Gasteiger partial charge in [-0.25, -0.2) is 0 Å². The Morgan fingerprint density at radius 3 is 2.30 bits per heavy atom. The van der Waals surface area contributed by atoms with Crippen LogP contribution < -0.4 is 0 Å². The van der Waals surface area contributed by atoms with Gasteiger partial charge in [0.2, 0.25) is 0 Å². The van der Waals surface area contributed by atoms with Crippen LogP contribution in [0.2, 0.25) is 0 Å². The number of benzene rings is 1. The van der Waals surface area contributed by atoms with E-state index >= 15 is 0 Å². The van der Waals surface area contributed by atoms with Gasteiger partial charge in [0.1, 0.15) is 0 Å². The summed E-state index contributed by atoms with van der Waals surface area (Å²) in [7, 11) is 3.88. The summed E-state index contributed by atoms with van der Waals surface area (Å²) in [6.45, 7) is 3.28. The zero-order valence-corrected chi connectivity index (χ0v) is 12.4. The number of aliphatic hydroxyl groups is 1. The number of rotatable bonds is 8. The lowest BCUT2D eigenvalue weighted by Crippen LogP contribution is -2.44. The molecule has 0 fully saturated rings. The average Bonchev–Trinajstić information content (AvgIpc) is 2.36. The Labute approximate surface area is 120 Å². The van der Waals surface area contributed by atoms with Gasteiger partial charge < -0.3 is 15.1 Å². The van der Waals surface area contributed by atoms with Gasteiger partial charge in [0.05, 0.1) is 12.1 Å². The normalized spacial score (nSPS) is 14.5. The molecule has 0 amide bonds. The molecule has 112 valence electrons. The molecule has 0 spiro atoms. The van der Waals surface area contributed by atoms with Crippen LogP contribution in [0, 0.1) is 0 Å². The molecule has 0 radical (unpaired) electrons. The van der Waals surface area contributed by atoms with Gasteiger partial charge in [-0.3, -0.25) is 9.69 Å². The fourth-order valence-corrected chi connectivity index (χ4v) is 2.07. The van der Waals surface area contributed by atoms with Crippen molar-refractivity contribution in [2.45, 2.75) is 12.5 Å². The van der Waals surface area contributed by atoms with Gasteiger partial charge in [0, 0.05) is 19.6 Å². The van der Waals surface area contributed by atoms with E-state index in [0.29, 0.717) is 6.54 Å². The largest absolute Gasteiger partial charge is 0.480 e. The van der Waals surface area contributed by atoms with Crippen LogP contribution in [-0.4, -0.2) is 66.3 Å². The van der Waals surface area contributed by atoms with Gasteiger partial charge >= 0.3 is 5.97 Å². The lowest BCUT2D eigenvalue weighted by molar-refractivity contribution is -0.139. The van der Waals surface area contributed by atoms with Crippen LogP contribution in [0.15, 0.2) is 30.3 Å². The summed E-state index contributed by atoms with van der Waals surface area (Å²) in [5, 5.41) is 19.6. The summed E-state index contributed by atoms with van der Waals surface area (Å²) in [4.78, 5) is 14.7. The Bertz CT molecular complexity index is 418. The number of aliphatic carboxylic acids is 1. The summed E-state index contributed by atoms with van der Waals surface area (Å²) < 4.78 is 0. The van der Waals surface area contributed by atoms with Crippen molar-refractivity contribution >= 4 is 5.97 Å². The number of carboxylic acid groups (broad SMARTS) is 1. The lowest BCUT2D eigenvalue weighted by Gasteiger charge is -2.31. The summed E-state index contributed by atoms with van der Waals surface area (Å²) in [6, 6.07) is 9.33. The van der Waals surface area contributed by atoms with Gasteiger partial charge in [-0.15, -0.1) is 0 Å². The minimum atomic E-state index is -1.07. The molecule has 0 bridgehead atoms. The second kappa shape index (κ2) is 7.38. The molecule has 5 heteroatoms. The number of likely N-dealkylation sites (N-methyl/N-ethyl adjacent to an activating group) is 1. The second-order valence-electron chi connectivity index (χ2n) is 5.55. The minimum Gasteiger partial charge on any atom is -0.480 e. The highest BCUT2D eigenvalue weighted by atomic mass is 16.4. The molecule has 20 heavy (non-hydrogen) atoms. The van der Waals surface area contributed by atoms with E-state index in [1.807, 2.05) is 49.3 Å². The molecule has 0 saturated carbocycles. The van der Waals surface area contributed by atoms with Crippen molar-refractivity contribution in [2.24, 2.45) is 0 Å². The molecular weight excluding hydrogens is 256 g/mol. The van der Waals surface area contributed by atoms with Crippen LogP contribution in [0.4, 0.5) is 0 Å². The fraction of sp³-hybridized carbons (Fsp3) is 0.533. The zero-order chi connectivity index (χ0) is 15.2. The van der Waals surface area contributed by atoms with Gasteiger partial charge in [0.15, 0.2) is 0 Å². The third kappa shape index (κ3) is 5.69. The maximum absolute atomic E-state index is 10.9. The van der Waals surface area contributed by atoms with E-state index in [-0.39, 0.29) is 13.1 Å². The summed E-state index contributed by atoms with van der Waals surface area (Å²) >= 11 is 0. The number of carbonyl (C=O) groups is 1. The molecular formula is C15H24N2O3. The number of carboxylic acids is 1. The van der Waals surface area contributed by atoms with Crippen LogP contribution in [0.5, 0.6) is 0 Å². The Balaban J connectivity index is 2.74. The topological polar surface area (TPSA) is 64.0 Å². The summed E-state index contributed by atoms with van der Waals surface area (Å²) in [5.41, 5.74) is -0.275. The lowest BCUT2D eigenvalue weighted by atomic mass is 9.95. The number of hydrogen-bond donors (Lipinski definition) is 2. The Morgan fingerprint density at radius 2 is 1.80 bits per heavy atom. The Kier molecular flexibility index (Phi) is 6.13. The molecule has 0 heterocycles. The highest BCUT2D eigenvalue weighted by molar-refractivity contribution is 5.69. The molecule has 1 aromatic carbocycles. The van der Waals surface area contributed by atoms with Crippen molar-refractivity contribution in [3.63, 3.8) is 0 Å². The van der Waals surface area contributed by atoms with Crippen LogP contribution in [0.25, 0.3) is 0 Å². The van der Waals surface area contributed by atoms with Crippen LogP contribution in [0.1, 0.15) is 12.5 Å². The second-order valence-corrected chi connectivity index (χ2v) is 5.55. The first-order valence-corrected chi connectivity index (χ1v) is 6.68. The van der Waals surface area contributed by atoms with E-state index in [1.165, 1.54) is 0 Å². The van der Waals surface area contributed by atoms with Crippen molar-refractivity contribution in [2.75, 3.05) is 40.3 Å². The van der Waals surface area contributed by atoms with Crippen LogP contribution in [0.3, 0.4) is 0 Å². The van der Waals surface area contributed by atoms with Crippen LogP contribution >= 0.6 is 0 Å². The number of hydrogen-bond acceptors (Lipinski definition) is 4. The smallest absolute Gasteiger partial charge is 0.317 e. The number of nitrogens with zero attached hydrogens (tertiary/aromatic N) is 2. The standard InChI is InChI=1S/C15H24N2O3/c1-15(20,13-7-5-4-6-8-13)12-17(11-14(18)19)10-9-16(2)3/h4-8,20H,9-12H2,1-3H3,(H,18,19). The summed E-state index contributed by atoms with van der Waals surface area (Å²) in [6.07, 6.45) is 0. The molecule has 0 aliphatic rings. The monoisotopic (exact) mass is 280 g/mol. The van der Waals surface area contributed by atoms with E-state index in [4.69, 9.17) is 5.11 Å². The third-order valence-corrected chi connectivity index (χ3v) is 3.15. The molecule has 2 N–H and O–H groups in total. The third-order valence-electron chi connectivity index (χ3n) is 3.15. The van der Waals surface area contributed by atoms with E-state index in [2.05, 4.69) is 0 Å². The Morgan fingerprint density at radius 1 is 1.20 bits per heavy atom. The van der Waals surface area contributed by atoms with Gasteiger partial charge in [-0.05, 0) is 26.6 Å². The molecule has 1 unspecified atom stereocenters. The van der Waals surface area contributed by atoms with Crippen LogP contribution in [-0.2, 0) is 10.4 Å². The first kappa shape index (κ1) is 16.6. The van der Waals surface area contributed by atoms with Crippen molar-refractivity contribution < 1.29 is 15.0 Å². The first-order valence-electron chi connectivity index (χ1n) is 6.68. The van der Waals surface area contributed by atoms with Crippen molar-refractivity contribution in [3.8, 4) is 0 Å². The quantitative estimate of drug-likeness (QED) is 0.739. The summed E-state index contributed by atoms with van der Waals surface area (Å²) in [5.74, 6) is -0.882. The van der Waals surface area contributed by atoms with Crippen molar-refractivity contribution in [3.05, 3.63) is 35.9 Å². The van der Waals surface area contributed by atoms with Crippen molar-refractivity contribution in [1.29, 1.82) is 0 Å². The first-order chi connectivity index (χ1) is 9.31. The van der Waals surface area contributed by atoms with E-state index in [1.54, 1.807) is 11.8 Å².